The molecule has 0 unspecified atom stereocenters. The molecular weight excluding hydrogens is 261 g/mol. The summed E-state index contributed by atoms with van der Waals surface area (Å²) in [6.45, 7) is 0. The first-order valence-corrected chi connectivity index (χ1v) is 4.55. The van der Waals surface area contributed by atoms with Gasteiger partial charge in [-0.3, -0.25) is 0 Å². The van der Waals surface area contributed by atoms with Gasteiger partial charge in [0.2, 0.25) is 0 Å². The molecule has 1 heterocycles. The van der Waals surface area contributed by atoms with Gasteiger partial charge in [0, 0.05) is 5.57 Å². The Morgan fingerprint density at radius 1 is 1.36 bits per heavy atom. The number of rotatable bonds is 0. The molecule has 0 fully saturated rings. The molecule has 2 aliphatic rings. The average molecular weight is 265 g/mol. The van der Waals surface area contributed by atoms with E-state index < -0.39 is 11.7 Å². The number of azo groups is 1. The average Bonchev–Trinajstić information content (AvgIpc) is 2.46. The maximum Gasteiger partial charge on any atom is 0.416 e. The van der Waals surface area contributed by atoms with Gasteiger partial charge in [-0.1, -0.05) is 12.2 Å². The molecule has 0 amide bonds. The zero-order valence-electron chi connectivity index (χ0n) is 6.72. The van der Waals surface area contributed by atoms with Gasteiger partial charge in [0.05, 0.1) is 5.57 Å². The Morgan fingerprint density at radius 3 is 2.71 bits per heavy atom. The van der Waals surface area contributed by atoms with Crippen molar-refractivity contribution in [2.24, 2.45) is 10.2 Å². The van der Waals surface area contributed by atoms with Crippen LogP contribution in [0.2, 0.25) is 0 Å². The van der Waals surface area contributed by atoms with Gasteiger partial charge < -0.3 is 0 Å². The van der Waals surface area contributed by atoms with Crippen LogP contribution in [0.25, 0.3) is 0 Å². The van der Waals surface area contributed by atoms with E-state index in [0.29, 0.717) is 10.2 Å². The predicted octanol–water partition coefficient (Wildman–Crippen LogP) is 3.49. The van der Waals surface area contributed by atoms with Crippen molar-refractivity contribution in [3.63, 3.8) is 0 Å². The van der Waals surface area contributed by atoms with Crippen molar-refractivity contribution in [2.45, 2.75) is 12.2 Å². The van der Waals surface area contributed by atoms with Crippen LogP contribution in [0.1, 0.15) is 0 Å². The maximum atomic E-state index is 12.3. The van der Waals surface area contributed by atoms with E-state index in [1.807, 2.05) is 0 Å². The van der Waals surface area contributed by atoms with E-state index in [9.17, 15) is 13.2 Å². The molecule has 0 saturated carbocycles. The van der Waals surface area contributed by atoms with Crippen molar-refractivity contribution in [3.8, 4) is 0 Å². The van der Waals surface area contributed by atoms with E-state index >= 15 is 0 Å². The van der Waals surface area contributed by atoms with Gasteiger partial charge in [-0.05, 0) is 22.0 Å². The monoisotopic (exact) mass is 264 g/mol. The summed E-state index contributed by atoms with van der Waals surface area (Å²) in [5, 5.41) is 7.42. The van der Waals surface area contributed by atoms with Crippen LogP contribution in [-0.2, 0) is 0 Å². The van der Waals surface area contributed by atoms with E-state index in [-0.39, 0.29) is 6.04 Å². The number of hydrogen-bond acceptors (Lipinski definition) is 2. The summed E-state index contributed by atoms with van der Waals surface area (Å²) < 4.78 is 37.3. The van der Waals surface area contributed by atoms with Crippen LogP contribution in [0.15, 0.2) is 44.2 Å². The Hall–Kier alpha value is -0.910. The number of hydrogen-bond donors (Lipinski definition) is 0. The molecule has 2 nitrogen and oxygen atoms in total. The molecule has 14 heavy (non-hydrogen) atoms. The van der Waals surface area contributed by atoms with Gasteiger partial charge >= 0.3 is 6.18 Å². The fourth-order valence-corrected chi connectivity index (χ4v) is 1.67. The highest BCUT2D eigenvalue weighted by atomic mass is 79.9. The number of fused-ring (bicyclic) bond motifs is 1. The number of alkyl halides is 3. The lowest BCUT2D eigenvalue weighted by Crippen LogP contribution is -2.15. The lowest BCUT2D eigenvalue weighted by Gasteiger charge is -2.14. The molecule has 0 radical (unpaired) electrons. The van der Waals surface area contributed by atoms with Crippen LogP contribution in [0.4, 0.5) is 13.2 Å². The molecule has 0 aromatic carbocycles. The molecular formula is C8H4BrF3N2. The maximum absolute atomic E-state index is 12.3. The van der Waals surface area contributed by atoms with Gasteiger partial charge in [-0.25, -0.2) is 0 Å². The van der Waals surface area contributed by atoms with Crippen molar-refractivity contribution in [1.82, 2.24) is 0 Å². The van der Waals surface area contributed by atoms with Gasteiger partial charge in [0.25, 0.3) is 0 Å². The summed E-state index contributed by atoms with van der Waals surface area (Å²) >= 11 is 3.05. The molecule has 0 saturated heterocycles. The van der Waals surface area contributed by atoms with Gasteiger partial charge in [0.1, 0.15) is 10.6 Å². The van der Waals surface area contributed by atoms with Gasteiger partial charge in [-0.2, -0.15) is 18.3 Å². The minimum atomic E-state index is -4.32. The van der Waals surface area contributed by atoms with Crippen molar-refractivity contribution < 1.29 is 13.2 Å². The van der Waals surface area contributed by atoms with Crippen LogP contribution >= 0.6 is 15.9 Å². The summed E-state index contributed by atoms with van der Waals surface area (Å²) in [7, 11) is 0. The van der Waals surface area contributed by atoms with Gasteiger partial charge in [0.15, 0.2) is 0 Å². The zero-order chi connectivity index (χ0) is 10.3. The van der Waals surface area contributed by atoms with Crippen LogP contribution in [0.3, 0.4) is 0 Å². The lowest BCUT2D eigenvalue weighted by molar-refractivity contribution is -0.0883. The van der Waals surface area contributed by atoms with Crippen LogP contribution in [0.5, 0.6) is 0 Å². The molecule has 2 rings (SSSR count). The lowest BCUT2D eigenvalue weighted by atomic mass is 9.99. The standard InChI is InChI=1S/C8H4BrF3N2/c9-7-5-3-4(8(10,11)12)1-2-6(5)13-14-7/h1-3,6H/t6-/m0/s1. The second kappa shape index (κ2) is 3.05. The van der Waals surface area contributed by atoms with Crippen LogP contribution in [0, 0.1) is 0 Å². The van der Waals surface area contributed by atoms with Crippen molar-refractivity contribution in [3.05, 3.63) is 34.0 Å². The quantitative estimate of drug-likeness (QED) is 0.599. The third kappa shape index (κ3) is 1.54. The zero-order valence-corrected chi connectivity index (χ0v) is 8.30. The van der Waals surface area contributed by atoms with E-state index in [4.69, 9.17) is 0 Å². The normalized spacial score (nSPS) is 25.4. The summed E-state index contributed by atoms with van der Waals surface area (Å²) in [5.41, 5.74) is -0.215. The highest BCUT2D eigenvalue weighted by molar-refractivity contribution is 9.11. The molecule has 6 heteroatoms. The summed E-state index contributed by atoms with van der Waals surface area (Å²) in [4.78, 5) is 0. The fourth-order valence-electron chi connectivity index (χ4n) is 1.23. The third-order valence-corrected chi connectivity index (χ3v) is 2.54. The molecule has 1 aliphatic heterocycles. The molecule has 1 atom stereocenters. The Morgan fingerprint density at radius 2 is 2.07 bits per heavy atom. The Labute approximate surface area is 86.0 Å². The SMILES string of the molecule is FC(F)(F)C1=CC2=C(Br)N=N[C@H]2C=C1. The Kier molecular flexibility index (Phi) is 2.10. The first-order chi connectivity index (χ1) is 6.48. The summed E-state index contributed by atoms with van der Waals surface area (Å²) in [6.07, 6.45) is -0.839. The first-order valence-electron chi connectivity index (χ1n) is 3.76. The predicted molar refractivity (Wildman–Crippen MR) is 47.9 cm³/mol. The van der Waals surface area contributed by atoms with E-state index in [1.165, 1.54) is 6.08 Å². The molecule has 74 valence electrons. The van der Waals surface area contributed by atoms with Crippen LogP contribution < -0.4 is 0 Å². The Balaban J connectivity index is 2.40. The first kappa shape index (κ1) is 9.64. The highest BCUT2D eigenvalue weighted by Crippen LogP contribution is 2.36. The summed E-state index contributed by atoms with van der Waals surface area (Å²) in [5.74, 6) is 0. The summed E-state index contributed by atoms with van der Waals surface area (Å²) in [6, 6.07) is -0.365. The van der Waals surface area contributed by atoms with Gasteiger partial charge in [-0.15, -0.1) is 5.11 Å². The van der Waals surface area contributed by atoms with Crippen LogP contribution in [-0.4, -0.2) is 12.2 Å². The number of allylic oxidation sites excluding steroid dienone is 2. The fraction of sp³-hybridized carbons (Fsp3) is 0.250. The number of nitrogens with zero attached hydrogens (tertiary/aromatic N) is 2. The minimum absolute atomic E-state index is 0.365. The van der Waals surface area contributed by atoms with Crippen molar-refractivity contribution in [2.75, 3.05) is 0 Å². The second-order valence-corrected chi connectivity index (χ2v) is 3.61. The third-order valence-electron chi connectivity index (χ3n) is 1.92. The molecule has 0 aromatic heterocycles. The Bertz CT molecular complexity index is 390. The smallest absolute Gasteiger partial charge is 0.176 e. The number of halogens is 4. The topological polar surface area (TPSA) is 24.7 Å². The van der Waals surface area contributed by atoms with E-state index in [2.05, 4.69) is 26.2 Å². The van der Waals surface area contributed by atoms with E-state index in [1.54, 1.807) is 0 Å². The molecule has 0 aromatic rings. The molecule has 0 bridgehead atoms. The van der Waals surface area contributed by atoms with Crippen molar-refractivity contribution >= 4 is 15.9 Å². The molecule has 0 N–H and O–H groups in total. The highest BCUT2D eigenvalue weighted by Gasteiger charge is 2.35. The second-order valence-electron chi connectivity index (χ2n) is 2.86. The largest absolute Gasteiger partial charge is 0.416 e. The molecule has 1 aliphatic carbocycles. The molecule has 0 spiro atoms. The van der Waals surface area contributed by atoms with E-state index in [0.717, 1.165) is 12.2 Å². The van der Waals surface area contributed by atoms with Crippen molar-refractivity contribution in [1.29, 1.82) is 0 Å². The minimum Gasteiger partial charge on any atom is -0.176 e.